The smallest absolute Gasteiger partial charge is 0.203 e. The van der Waals surface area contributed by atoms with Gasteiger partial charge in [-0.2, -0.15) is 0 Å². The van der Waals surface area contributed by atoms with Crippen molar-refractivity contribution < 1.29 is 19.3 Å². The van der Waals surface area contributed by atoms with Crippen molar-refractivity contribution in [1.29, 1.82) is 0 Å². The number of aliphatic hydroxyl groups is 1. The normalized spacial score (nSPS) is 13.1. The van der Waals surface area contributed by atoms with E-state index in [4.69, 9.17) is 14.2 Å². The summed E-state index contributed by atoms with van der Waals surface area (Å²) in [6.45, 7) is 4.78. The molecular weight excluding hydrogens is 330 g/mol. The summed E-state index contributed by atoms with van der Waals surface area (Å²) in [5.74, 6) is 1.66. The Morgan fingerprint density at radius 3 is 2.15 bits per heavy atom. The molecule has 2 rings (SSSR count). The number of aliphatic hydroxyl groups excluding tert-OH is 1. The van der Waals surface area contributed by atoms with E-state index in [1.807, 2.05) is 6.07 Å². The molecule has 2 N–H and O–H groups in total. The molecule has 0 heterocycles. The first-order valence-electron chi connectivity index (χ1n) is 8.90. The van der Waals surface area contributed by atoms with E-state index in [1.54, 1.807) is 26.4 Å². The second-order valence-electron chi connectivity index (χ2n) is 6.24. The summed E-state index contributed by atoms with van der Waals surface area (Å²) in [7, 11) is 3.15. The lowest BCUT2D eigenvalue weighted by atomic mass is 10.0. The standard InChI is InChI=1S/C21H29NO4/c1-5-18(16-11-9-15(2)10-12-16)22-13-17(23)14-26-21-19(24-3)7-6-8-20(21)25-4/h6-12,17-18,22-23H,5,13-14H2,1-4H3. The molecule has 0 aliphatic carbocycles. The molecule has 0 amide bonds. The van der Waals surface area contributed by atoms with E-state index in [0.717, 1.165) is 6.42 Å². The number of hydrogen-bond donors (Lipinski definition) is 2. The third-order valence-electron chi connectivity index (χ3n) is 4.29. The summed E-state index contributed by atoms with van der Waals surface area (Å²) in [5, 5.41) is 13.7. The second kappa shape index (κ2) is 10.0. The zero-order valence-electron chi connectivity index (χ0n) is 16.0. The lowest BCUT2D eigenvalue weighted by Gasteiger charge is -2.21. The topological polar surface area (TPSA) is 60.0 Å². The average Bonchev–Trinajstić information content (AvgIpc) is 2.67. The van der Waals surface area contributed by atoms with Gasteiger partial charge in [-0.1, -0.05) is 42.8 Å². The molecule has 0 aliphatic heterocycles. The highest BCUT2D eigenvalue weighted by molar-refractivity contribution is 5.51. The van der Waals surface area contributed by atoms with Crippen molar-refractivity contribution in [3.05, 3.63) is 53.6 Å². The molecule has 2 atom stereocenters. The summed E-state index contributed by atoms with van der Waals surface area (Å²) in [6.07, 6.45) is 0.292. The molecule has 0 spiro atoms. The summed E-state index contributed by atoms with van der Waals surface area (Å²) < 4.78 is 16.4. The van der Waals surface area contributed by atoms with Gasteiger partial charge in [0.25, 0.3) is 0 Å². The Balaban J connectivity index is 1.90. The van der Waals surface area contributed by atoms with E-state index >= 15 is 0 Å². The zero-order chi connectivity index (χ0) is 18.9. The van der Waals surface area contributed by atoms with Crippen molar-refractivity contribution >= 4 is 0 Å². The number of nitrogens with one attached hydrogen (secondary N) is 1. The predicted molar refractivity (Wildman–Crippen MR) is 103 cm³/mol. The van der Waals surface area contributed by atoms with Crippen molar-refractivity contribution in [3.63, 3.8) is 0 Å². The van der Waals surface area contributed by atoms with Crippen LogP contribution < -0.4 is 19.5 Å². The molecule has 0 saturated heterocycles. The van der Waals surface area contributed by atoms with E-state index in [9.17, 15) is 5.11 Å². The molecular formula is C21H29NO4. The van der Waals surface area contributed by atoms with Gasteiger partial charge in [-0.3, -0.25) is 0 Å². The SMILES string of the molecule is CCC(NCC(O)COc1c(OC)cccc1OC)c1ccc(C)cc1. The van der Waals surface area contributed by atoms with Gasteiger partial charge in [-0.05, 0) is 31.0 Å². The highest BCUT2D eigenvalue weighted by atomic mass is 16.5. The van der Waals surface area contributed by atoms with E-state index in [2.05, 4.69) is 43.4 Å². The molecule has 5 nitrogen and oxygen atoms in total. The van der Waals surface area contributed by atoms with Crippen molar-refractivity contribution in [2.45, 2.75) is 32.4 Å². The fourth-order valence-electron chi connectivity index (χ4n) is 2.77. The van der Waals surface area contributed by atoms with E-state index in [0.29, 0.717) is 23.8 Å². The molecule has 0 fully saturated rings. The molecule has 0 aromatic heterocycles. The average molecular weight is 359 g/mol. The van der Waals surface area contributed by atoms with Gasteiger partial charge in [0.15, 0.2) is 11.5 Å². The van der Waals surface area contributed by atoms with Gasteiger partial charge in [-0.15, -0.1) is 0 Å². The third kappa shape index (κ3) is 5.38. The number of para-hydroxylation sites is 1. The maximum absolute atomic E-state index is 10.3. The largest absolute Gasteiger partial charge is 0.493 e. The highest BCUT2D eigenvalue weighted by Crippen LogP contribution is 2.36. The van der Waals surface area contributed by atoms with Crippen LogP contribution in [0, 0.1) is 6.92 Å². The maximum atomic E-state index is 10.3. The number of aryl methyl sites for hydroxylation is 1. The molecule has 0 radical (unpaired) electrons. The van der Waals surface area contributed by atoms with Crippen LogP contribution in [-0.4, -0.2) is 38.6 Å². The van der Waals surface area contributed by atoms with E-state index in [-0.39, 0.29) is 12.6 Å². The first kappa shape index (κ1) is 20.1. The molecule has 2 aromatic rings. The lowest BCUT2D eigenvalue weighted by Crippen LogP contribution is -2.33. The van der Waals surface area contributed by atoms with Gasteiger partial charge in [0.2, 0.25) is 5.75 Å². The minimum atomic E-state index is -0.649. The van der Waals surface area contributed by atoms with Crippen LogP contribution in [0.2, 0.25) is 0 Å². The summed E-state index contributed by atoms with van der Waals surface area (Å²) in [4.78, 5) is 0. The number of hydrogen-bond acceptors (Lipinski definition) is 5. The van der Waals surface area contributed by atoms with Gasteiger partial charge in [-0.25, -0.2) is 0 Å². The van der Waals surface area contributed by atoms with Crippen LogP contribution in [-0.2, 0) is 0 Å². The van der Waals surface area contributed by atoms with Crippen LogP contribution in [0.1, 0.15) is 30.5 Å². The number of rotatable bonds is 10. The number of ether oxygens (including phenoxy) is 3. The van der Waals surface area contributed by atoms with Crippen LogP contribution in [0.25, 0.3) is 0 Å². The second-order valence-corrected chi connectivity index (χ2v) is 6.24. The molecule has 142 valence electrons. The molecule has 0 bridgehead atoms. The Kier molecular flexibility index (Phi) is 7.75. The molecule has 0 saturated carbocycles. The third-order valence-corrected chi connectivity index (χ3v) is 4.29. The Labute approximate surface area is 155 Å². The molecule has 0 aliphatic rings. The quantitative estimate of drug-likeness (QED) is 0.680. The molecule has 26 heavy (non-hydrogen) atoms. The number of methoxy groups -OCH3 is 2. The molecule has 2 unspecified atom stereocenters. The van der Waals surface area contributed by atoms with E-state index in [1.165, 1.54) is 11.1 Å². The molecule has 5 heteroatoms. The maximum Gasteiger partial charge on any atom is 0.203 e. The van der Waals surface area contributed by atoms with Gasteiger partial charge >= 0.3 is 0 Å². The van der Waals surface area contributed by atoms with E-state index < -0.39 is 6.10 Å². The van der Waals surface area contributed by atoms with Crippen molar-refractivity contribution in [2.75, 3.05) is 27.4 Å². The summed E-state index contributed by atoms with van der Waals surface area (Å²) >= 11 is 0. The van der Waals surface area contributed by atoms with Crippen LogP contribution in [0.3, 0.4) is 0 Å². The van der Waals surface area contributed by atoms with Crippen molar-refractivity contribution in [1.82, 2.24) is 5.32 Å². The van der Waals surface area contributed by atoms with Gasteiger partial charge in [0.05, 0.1) is 14.2 Å². The minimum absolute atomic E-state index is 0.147. The van der Waals surface area contributed by atoms with Crippen LogP contribution in [0.15, 0.2) is 42.5 Å². The fraction of sp³-hybridized carbons (Fsp3) is 0.429. The Morgan fingerprint density at radius 2 is 1.62 bits per heavy atom. The van der Waals surface area contributed by atoms with Crippen LogP contribution in [0.5, 0.6) is 17.2 Å². The first-order chi connectivity index (χ1) is 12.6. The van der Waals surface area contributed by atoms with Crippen LogP contribution in [0.4, 0.5) is 0 Å². The summed E-state index contributed by atoms with van der Waals surface area (Å²) in [5.41, 5.74) is 2.46. The Morgan fingerprint density at radius 1 is 1.00 bits per heavy atom. The first-order valence-corrected chi connectivity index (χ1v) is 8.90. The summed E-state index contributed by atoms with van der Waals surface area (Å²) in [6, 6.07) is 14.1. The Bertz CT molecular complexity index is 650. The number of benzene rings is 2. The Hall–Kier alpha value is -2.24. The highest BCUT2D eigenvalue weighted by Gasteiger charge is 2.15. The minimum Gasteiger partial charge on any atom is -0.493 e. The molecule has 2 aromatic carbocycles. The van der Waals surface area contributed by atoms with Crippen molar-refractivity contribution in [3.8, 4) is 17.2 Å². The van der Waals surface area contributed by atoms with Gasteiger partial charge in [0, 0.05) is 12.6 Å². The zero-order valence-corrected chi connectivity index (χ0v) is 16.0. The van der Waals surface area contributed by atoms with Crippen molar-refractivity contribution in [2.24, 2.45) is 0 Å². The monoisotopic (exact) mass is 359 g/mol. The predicted octanol–water partition coefficient (Wildman–Crippen LogP) is 3.49. The van der Waals surface area contributed by atoms with Gasteiger partial charge < -0.3 is 24.6 Å². The van der Waals surface area contributed by atoms with Crippen LogP contribution >= 0.6 is 0 Å². The fourth-order valence-corrected chi connectivity index (χ4v) is 2.77. The van der Waals surface area contributed by atoms with Gasteiger partial charge in [0.1, 0.15) is 12.7 Å². The lowest BCUT2D eigenvalue weighted by molar-refractivity contribution is 0.0998.